The molecule has 0 unspecified atom stereocenters. The smallest absolute Gasteiger partial charge is 0.272 e. The number of nitrogens with zero attached hydrogens (tertiary/aromatic N) is 2. The molecule has 1 aromatic heterocycles. The number of amides is 1. The summed E-state index contributed by atoms with van der Waals surface area (Å²) >= 11 is 9.02. The molecule has 1 amide bonds. The van der Waals surface area contributed by atoms with Gasteiger partial charge in [-0.25, -0.2) is 5.43 Å². The van der Waals surface area contributed by atoms with Crippen LogP contribution in [0.4, 0.5) is 0 Å². The standard InChI is InChI=1S/C13H9BrClN3O2/c14-11-5-10(15)4-9(12(11)19)7-17-18-13(20)8-2-1-3-16-6-8/h1-7,19H,(H,18,20). The molecule has 0 fully saturated rings. The fourth-order valence-electron chi connectivity index (χ4n) is 1.41. The zero-order valence-corrected chi connectivity index (χ0v) is 12.4. The lowest BCUT2D eigenvalue weighted by atomic mass is 10.2. The largest absolute Gasteiger partial charge is 0.506 e. The Hall–Kier alpha value is -1.92. The molecule has 2 aromatic rings. The highest BCUT2D eigenvalue weighted by Crippen LogP contribution is 2.30. The monoisotopic (exact) mass is 353 g/mol. The summed E-state index contributed by atoms with van der Waals surface area (Å²) in [7, 11) is 0. The number of phenolic OH excluding ortho intramolecular Hbond substituents is 1. The first-order valence-electron chi connectivity index (χ1n) is 5.49. The highest BCUT2D eigenvalue weighted by molar-refractivity contribution is 9.10. The summed E-state index contributed by atoms with van der Waals surface area (Å²) in [5.74, 6) is -0.399. The van der Waals surface area contributed by atoms with E-state index in [4.69, 9.17) is 11.6 Å². The summed E-state index contributed by atoms with van der Waals surface area (Å²) in [6, 6.07) is 6.35. The molecular formula is C13H9BrClN3O2. The molecule has 0 aliphatic rings. The Morgan fingerprint density at radius 3 is 3.00 bits per heavy atom. The van der Waals surface area contributed by atoms with Crippen LogP contribution in [0.1, 0.15) is 15.9 Å². The number of carbonyl (C=O) groups excluding carboxylic acids is 1. The van der Waals surface area contributed by atoms with E-state index in [1.807, 2.05) is 0 Å². The van der Waals surface area contributed by atoms with Gasteiger partial charge in [0, 0.05) is 23.0 Å². The average molecular weight is 355 g/mol. The average Bonchev–Trinajstić information content (AvgIpc) is 2.44. The first-order valence-corrected chi connectivity index (χ1v) is 6.66. The highest BCUT2D eigenvalue weighted by Gasteiger charge is 2.06. The van der Waals surface area contributed by atoms with E-state index in [1.165, 1.54) is 18.5 Å². The fraction of sp³-hybridized carbons (Fsp3) is 0. The molecule has 7 heteroatoms. The van der Waals surface area contributed by atoms with Crippen molar-refractivity contribution in [2.24, 2.45) is 5.10 Å². The number of aromatic hydroxyl groups is 1. The molecular weight excluding hydrogens is 346 g/mol. The second kappa shape index (κ2) is 6.49. The van der Waals surface area contributed by atoms with Crippen molar-refractivity contribution in [1.29, 1.82) is 0 Å². The minimum Gasteiger partial charge on any atom is -0.506 e. The lowest BCUT2D eigenvalue weighted by Gasteiger charge is -2.03. The van der Waals surface area contributed by atoms with Gasteiger partial charge in [0.05, 0.1) is 16.3 Å². The third-order valence-corrected chi connectivity index (χ3v) is 3.17. The Labute approximate surface area is 128 Å². The van der Waals surface area contributed by atoms with Crippen molar-refractivity contribution in [3.63, 3.8) is 0 Å². The van der Waals surface area contributed by atoms with Gasteiger partial charge in [-0.2, -0.15) is 5.10 Å². The van der Waals surface area contributed by atoms with Gasteiger partial charge in [0.15, 0.2) is 0 Å². The Balaban J connectivity index is 2.10. The lowest BCUT2D eigenvalue weighted by Crippen LogP contribution is -2.17. The second-order valence-corrected chi connectivity index (χ2v) is 5.06. The van der Waals surface area contributed by atoms with Crippen LogP contribution >= 0.6 is 27.5 Å². The van der Waals surface area contributed by atoms with Gasteiger partial charge in [0.2, 0.25) is 0 Å². The molecule has 0 aliphatic carbocycles. The van der Waals surface area contributed by atoms with Gasteiger partial charge in [0.1, 0.15) is 5.75 Å². The predicted octanol–water partition coefficient (Wildman–Crippen LogP) is 2.97. The molecule has 1 heterocycles. The molecule has 2 N–H and O–H groups in total. The van der Waals surface area contributed by atoms with Gasteiger partial charge in [0.25, 0.3) is 5.91 Å². The van der Waals surface area contributed by atoms with E-state index in [0.29, 0.717) is 20.6 Å². The van der Waals surface area contributed by atoms with Crippen LogP contribution in [0, 0.1) is 0 Å². The number of aromatic nitrogens is 1. The van der Waals surface area contributed by atoms with Gasteiger partial charge in [-0.1, -0.05) is 11.6 Å². The number of hydrogen-bond acceptors (Lipinski definition) is 4. The second-order valence-electron chi connectivity index (χ2n) is 3.77. The Bertz CT molecular complexity index is 662. The number of carbonyl (C=O) groups is 1. The molecule has 0 atom stereocenters. The topological polar surface area (TPSA) is 74.6 Å². The number of phenols is 1. The van der Waals surface area contributed by atoms with Crippen LogP contribution in [0.2, 0.25) is 5.02 Å². The molecule has 0 spiro atoms. The number of benzene rings is 1. The molecule has 20 heavy (non-hydrogen) atoms. The van der Waals surface area contributed by atoms with Gasteiger partial charge < -0.3 is 5.11 Å². The zero-order chi connectivity index (χ0) is 14.5. The van der Waals surface area contributed by atoms with E-state index in [0.717, 1.165) is 0 Å². The van der Waals surface area contributed by atoms with E-state index >= 15 is 0 Å². The Kier molecular flexibility index (Phi) is 4.70. The van der Waals surface area contributed by atoms with Crippen molar-refractivity contribution < 1.29 is 9.90 Å². The summed E-state index contributed by atoms with van der Waals surface area (Å²) in [5, 5.41) is 14.0. The van der Waals surface area contributed by atoms with Crippen molar-refractivity contribution in [3.05, 3.63) is 57.3 Å². The molecule has 5 nitrogen and oxygen atoms in total. The summed E-state index contributed by atoms with van der Waals surface area (Å²) in [6.45, 7) is 0. The number of halogens is 2. The van der Waals surface area contributed by atoms with Crippen LogP contribution in [0.5, 0.6) is 5.75 Å². The number of hydrogen-bond donors (Lipinski definition) is 2. The van der Waals surface area contributed by atoms with Crippen LogP contribution in [0.25, 0.3) is 0 Å². The van der Waals surface area contributed by atoms with E-state index in [9.17, 15) is 9.90 Å². The Morgan fingerprint density at radius 1 is 1.50 bits per heavy atom. The minimum atomic E-state index is -0.394. The lowest BCUT2D eigenvalue weighted by molar-refractivity contribution is 0.0954. The third-order valence-electron chi connectivity index (χ3n) is 2.35. The molecule has 0 bridgehead atoms. The summed E-state index contributed by atoms with van der Waals surface area (Å²) in [4.78, 5) is 15.5. The molecule has 2 rings (SSSR count). The zero-order valence-electron chi connectivity index (χ0n) is 10.0. The first-order chi connectivity index (χ1) is 9.58. The maximum Gasteiger partial charge on any atom is 0.272 e. The summed E-state index contributed by atoms with van der Waals surface area (Å²) < 4.78 is 0.449. The van der Waals surface area contributed by atoms with Crippen LogP contribution in [-0.2, 0) is 0 Å². The van der Waals surface area contributed by atoms with Gasteiger partial charge in [-0.3, -0.25) is 9.78 Å². The van der Waals surface area contributed by atoms with E-state index < -0.39 is 5.91 Å². The highest BCUT2D eigenvalue weighted by atomic mass is 79.9. The maximum atomic E-state index is 11.7. The summed E-state index contributed by atoms with van der Waals surface area (Å²) in [6.07, 6.45) is 4.31. The van der Waals surface area contributed by atoms with Gasteiger partial charge in [-0.05, 0) is 40.2 Å². The Morgan fingerprint density at radius 2 is 2.30 bits per heavy atom. The normalized spacial score (nSPS) is 10.7. The fourth-order valence-corrected chi connectivity index (χ4v) is 2.24. The molecule has 102 valence electrons. The summed E-state index contributed by atoms with van der Waals surface area (Å²) in [5.41, 5.74) is 3.11. The van der Waals surface area contributed by atoms with Crippen molar-refractivity contribution in [1.82, 2.24) is 10.4 Å². The number of rotatable bonds is 3. The molecule has 0 saturated carbocycles. The third kappa shape index (κ3) is 3.55. The number of hydrazone groups is 1. The van der Waals surface area contributed by atoms with E-state index in [2.05, 4.69) is 31.4 Å². The minimum absolute atomic E-state index is 0.00576. The van der Waals surface area contributed by atoms with Crippen LogP contribution < -0.4 is 5.43 Å². The molecule has 1 aromatic carbocycles. The van der Waals surface area contributed by atoms with Crippen molar-refractivity contribution in [2.45, 2.75) is 0 Å². The first kappa shape index (κ1) is 14.5. The maximum absolute atomic E-state index is 11.7. The molecule has 0 radical (unpaired) electrons. The van der Waals surface area contributed by atoms with Crippen LogP contribution in [0.3, 0.4) is 0 Å². The SMILES string of the molecule is O=C(NN=Cc1cc(Cl)cc(Br)c1O)c1cccnc1. The van der Waals surface area contributed by atoms with Gasteiger partial charge in [-0.15, -0.1) is 0 Å². The predicted molar refractivity (Wildman–Crippen MR) is 80.1 cm³/mol. The van der Waals surface area contributed by atoms with Gasteiger partial charge >= 0.3 is 0 Å². The molecule has 0 saturated heterocycles. The van der Waals surface area contributed by atoms with Crippen molar-refractivity contribution in [2.75, 3.05) is 0 Å². The van der Waals surface area contributed by atoms with E-state index in [-0.39, 0.29) is 5.75 Å². The van der Waals surface area contributed by atoms with Crippen LogP contribution in [-0.4, -0.2) is 22.2 Å². The van der Waals surface area contributed by atoms with Crippen LogP contribution in [0.15, 0.2) is 46.2 Å². The number of pyridine rings is 1. The quantitative estimate of drug-likeness (QED) is 0.657. The van der Waals surface area contributed by atoms with Crippen molar-refractivity contribution >= 4 is 39.7 Å². The molecule has 0 aliphatic heterocycles. The van der Waals surface area contributed by atoms with Crippen molar-refractivity contribution in [3.8, 4) is 5.75 Å². The van der Waals surface area contributed by atoms with E-state index in [1.54, 1.807) is 24.4 Å². The number of nitrogens with one attached hydrogen (secondary N) is 1.